The third-order valence-corrected chi connectivity index (χ3v) is 6.76. The van der Waals surface area contributed by atoms with Crippen molar-refractivity contribution in [3.8, 4) is 0 Å². The maximum absolute atomic E-state index is 12.8. The summed E-state index contributed by atoms with van der Waals surface area (Å²) in [6.07, 6.45) is 10.9. The summed E-state index contributed by atoms with van der Waals surface area (Å²) in [5, 5.41) is 12.7. The number of likely N-dealkylation sites (N-methyl/N-ethyl adjacent to an activating group) is 1. The van der Waals surface area contributed by atoms with Gasteiger partial charge in [0.1, 0.15) is 5.82 Å². The number of aliphatic hydroxyl groups is 1. The predicted octanol–water partition coefficient (Wildman–Crippen LogP) is 1.43. The number of amides is 2. The molecule has 1 atom stereocenters. The summed E-state index contributed by atoms with van der Waals surface area (Å²) in [4.78, 5) is 34.1. The van der Waals surface area contributed by atoms with Crippen LogP contribution in [-0.4, -0.2) is 77.1 Å². The van der Waals surface area contributed by atoms with Crippen molar-refractivity contribution in [2.75, 3.05) is 39.0 Å². The molecular formula is C24H33N5O3. The van der Waals surface area contributed by atoms with E-state index in [2.05, 4.69) is 22.2 Å². The van der Waals surface area contributed by atoms with Crippen molar-refractivity contribution >= 4 is 23.2 Å². The number of piperazine rings is 1. The Labute approximate surface area is 189 Å². The fourth-order valence-electron chi connectivity index (χ4n) is 4.58. The van der Waals surface area contributed by atoms with Gasteiger partial charge in [0, 0.05) is 44.0 Å². The highest BCUT2D eigenvalue weighted by molar-refractivity contribution is 5.99. The van der Waals surface area contributed by atoms with E-state index in [9.17, 15) is 14.7 Å². The molecule has 2 heterocycles. The molecule has 1 aromatic rings. The first-order valence-electron chi connectivity index (χ1n) is 11.5. The number of nitrogens with one attached hydrogen (secondary N) is 1. The third kappa shape index (κ3) is 5.19. The first-order valence-corrected chi connectivity index (χ1v) is 11.5. The lowest BCUT2D eigenvalue weighted by Gasteiger charge is -2.34. The van der Waals surface area contributed by atoms with Gasteiger partial charge in [0.05, 0.1) is 17.6 Å². The van der Waals surface area contributed by atoms with Gasteiger partial charge in [0.25, 0.3) is 5.91 Å². The van der Waals surface area contributed by atoms with E-state index in [1.807, 2.05) is 23.1 Å². The van der Waals surface area contributed by atoms with Gasteiger partial charge in [-0.1, -0.05) is 18.2 Å². The van der Waals surface area contributed by atoms with E-state index in [0.717, 1.165) is 50.2 Å². The Morgan fingerprint density at radius 1 is 1.16 bits per heavy atom. The molecule has 0 aromatic carbocycles. The number of aromatic nitrogens is 1. The van der Waals surface area contributed by atoms with Crippen LogP contribution in [0, 0.1) is 5.92 Å². The molecule has 8 heteroatoms. The Bertz CT molecular complexity index is 912. The molecule has 1 aromatic heterocycles. The van der Waals surface area contributed by atoms with Crippen molar-refractivity contribution in [2.24, 2.45) is 5.92 Å². The van der Waals surface area contributed by atoms with Crippen molar-refractivity contribution in [1.29, 1.82) is 0 Å². The van der Waals surface area contributed by atoms with Gasteiger partial charge in [-0.2, -0.15) is 0 Å². The minimum absolute atomic E-state index is 0.0455. The zero-order chi connectivity index (χ0) is 22.7. The van der Waals surface area contributed by atoms with Crippen LogP contribution in [0.2, 0.25) is 0 Å². The van der Waals surface area contributed by atoms with Crippen LogP contribution in [0.3, 0.4) is 0 Å². The van der Waals surface area contributed by atoms with Crippen LogP contribution < -0.4 is 11.1 Å². The number of hydrogen-bond donors (Lipinski definition) is 3. The Morgan fingerprint density at radius 2 is 1.88 bits per heavy atom. The average molecular weight is 440 g/mol. The second-order valence-electron chi connectivity index (χ2n) is 9.13. The largest absolute Gasteiger partial charge is 0.393 e. The monoisotopic (exact) mass is 439 g/mol. The fourth-order valence-corrected chi connectivity index (χ4v) is 4.58. The molecule has 3 aliphatic rings. The highest BCUT2D eigenvalue weighted by atomic mass is 16.3. The van der Waals surface area contributed by atoms with Crippen molar-refractivity contribution in [1.82, 2.24) is 20.1 Å². The lowest BCUT2D eigenvalue weighted by molar-refractivity contribution is -0.135. The Morgan fingerprint density at radius 3 is 2.53 bits per heavy atom. The van der Waals surface area contributed by atoms with Crippen LogP contribution in [0.25, 0.3) is 5.57 Å². The first kappa shape index (κ1) is 22.5. The molecule has 0 bridgehead atoms. The number of nitrogens with zero attached hydrogens (tertiary/aromatic N) is 3. The summed E-state index contributed by atoms with van der Waals surface area (Å²) in [6.45, 7) is 3.37. The highest BCUT2D eigenvalue weighted by Crippen LogP contribution is 2.27. The number of allylic oxidation sites excluding steroid dienone is 3. The van der Waals surface area contributed by atoms with Crippen LogP contribution in [0.4, 0.5) is 5.82 Å². The van der Waals surface area contributed by atoms with E-state index in [0.29, 0.717) is 24.8 Å². The smallest absolute Gasteiger partial charge is 0.255 e. The van der Waals surface area contributed by atoms with E-state index in [4.69, 9.17) is 5.73 Å². The van der Waals surface area contributed by atoms with Crippen molar-refractivity contribution < 1.29 is 14.7 Å². The number of pyridine rings is 1. The first-order chi connectivity index (χ1) is 15.4. The Balaban J connectivity index is 1.39. The molecule has 172 valence electrons. The Hall–Kier alpha value is -2.71. The molecular weight excluding hydrogens is 406 g/mol. The highest BCUT2D eigenvalue weighted by Gasteiger charge is 2.26. The quantitative estimate of drug-likeness (QED) is 0.654. The van der Waals surface area contributed by atoms with Gasteiger partial charge < -0.3 is 26.0 Å². The van der Waals surface area contributed by atoms with Gasteiger partial charge in [-0.25, -0.2) is 4.98 Å². The number of rotatable bonds is 4. The van der Waals surface area contributed by atoms with Gasteiger partial charge in [-0.15, -0.1) is 0 Å². The van der Waals surface area contributed by atoms with Crippen molar-refractivity contribution in [2.45, 2.75) is 44.2 Å². The standard InChI is InChI=1S/C24H33N5O3/c1-28-10-12-29(13-11-28)24(32)17-4-2-16(3-5-17)18-14-21(22(25)26-15-18)23(31)27-19-6-8-20(30)9-7-19/h2-4,14-15,17,19-20,30H,5-13H2,1H3,(H2,25,26)(H,27,31)/t17?,19-,20+. The Kier molecular flexibility index (Phi) is 6.91. The molecule has 4 rings (SSSR count). The SMILES string of the molecule is CN1CCN(C(=O)C2C=CC(c3cnc(N)c(C(=O)N[C@H]4CC[C@@H](O)CC4)c3)=CC2)CC1. The van der Waals surface area contributed by atoms with Gasteiger partial charge in [0.2, 0.25) is 5.91 Å². The molecule has 0 radical (unpaired) electrons. The number of anilines is 1. The second-order valence-corrected chi connectivity index (χ2v) is 9.13. The molecule has 4 N–H and O–H groups in total. The molecule has 1 unspecified atom stereocenters. The zero-order valence-corrected chi connectivity index (χ0v) is 18.7. The van der Waals surface area contributed by atoms with Gasteiger partial charge in [-0.3, -0.25) is 9.59 Å². The molecule has 8 nitrogen and oxygen atoms in total. The number of nitrogens with two attached hydrogens (primary N) is 1. The molecule has 1 aliphatic heterocycles. The molecule has 0 spiro atoms. The maximum atomic E-state index is 12.8. The van der Waals surface area contributed by atoms with Crippen LogP contribution >= 0.6 is 0 Å². The van der Waals surface area contributed by atoms with Crippen molar-refractivity contribution in [3.05, 3.63) is 41.6 Å². The number of carbonyl (C=O) groups excluding carboxylic acids is 2. The summed E-state index contributed by atoms with van der Waals surface area (Å²) in [7, 11) is 2.08. The third-order valence-electron chi connectivity index (χ3n) is 6.76. The van der Waals surface area contributed by atoms with E-state index < -0.39 is 0 Å². The number of aliphatic hydroxyl groups excluding tert-OH is 1. The van der Waals surface area contributed by atoms with Gasteiger partial charge in [-0.05, 0) is 50.8 Å². The number of hydrogen-bond acceptors (Lipinski definition) is 6. The van der Waals surface area contributed by atoms with Crippen LogP contribution in [0.15, 0.2) is 30.5 Å². The molecule has 2 fully saturated rings. The van der Waals surface area contributed by atoms with E-state index in [-0.39, 0.29) is 35.7 Å². The molecule has 2 aliphatic carbocycles. The van der Waals surface area contributed by atoms with E-state index >= 15 is 0 Å². The molecule has 1 saturated heterocycles. The lowest BCUT2D eigenvalue weighted by atomic mass is 9.91. The number of carbonyl (C=O) groups is 2. The van der Waals surface area contributed by atoms with E-state index in [1.54, 1.807) is 12.3 Å². The second kappa shape index (κ2) is 9.83. The van der Waals surface area contributed by atoms with Gasteiger partial charge in [0.15, 0.2) is 0 Å². The normalized spacial score (nSPS) is 26.5. The van der Waals surface area contributed by atoms with Crippen molar-refractivity contribution in [3.63, 3.8) is 0 Å². The lowest BCUT2D eigenvalue weighted by Crippen LogP contribution is -2.48. The summed E-state index contributed by atoms with van der Waals surface area (Å²) >= 11 is 0. The maximum Gasteiger partial charge on any atom is 0.255 e. The summed E-state index contributed by atoms with van der Waals surface area (Å²) < 4.78 is 0. The summed E-state index contributed by atoms with van der Waals surface area (Å²) in [5.41, 5.74) is 8.11. The topological polar surface area (TPSA) is 112 Å². The van der Waals surface area contributed by atoms with Gasteiger partial charge >= 0.3 is 0 Å². The summed E-state index contributed by atoms with van der Waals surface area (Å²) in [6, 6.07) is 1.82. The molecule has 32 heavy (non-hydrogen) atoms. The average Bonchev–Trinajstić information content (AvgIpc) is 2.81. The van der Waals surface area contributed by atoms with Crippen LogP contribution in [-0.2, 0) is 4.79 Å². The number of nitrogen functional groups attached to an aromatic ring is 1. The predicted molar refractivity (Wildman–Crippen MR) is 124 cm³/mol. The molecule has 2 amide bonds. The fraction of sp³-hybridized carbons (Fsp3) is 0.542. The zero-order valence-electron chi connectivity index (χ0n) is 18.7. The summed E-state index contributed by atoms with van der Waals surface area (Å²) in [5.74, 6) is -0.00146. The minimum atomic E-state index is -0.268. The van der Waals surface area contributed by atoms with Crippen LogP contribution in [0.1, 0.15) is 48.0 Å². The van der Waals surface area contributed by atoms with Crippen LogP contribution in [0.5, 0.6) is 0 Å². The van der Waals surface area contributed by atoms with E-state index in [1.165, 1.54) is 0 Å². The minimum Gasteiger partial charge on any atom is -0.393 e. The molecule has 1 saturated carbocycles.